The lowest BCUT2D eigenvalue weighted by molar-refractivity contribution is -0.163. The first-order valence-electron chi connectivity index (χ1n) is 23.9. The Balaban J connectivity index is 4.02. The maximum Gasteiger partial charge on any atom is 0.306 e. The summed E-state index contributed by atoms with van der Waals surface area (Å²) in [6.07, 6.45) is 52.1. The van der Waals surface area contributed by atoms with E-state index in [0.29, 0.717) is 19.4 Å². The number of hydrogen-bond acceptors (Lipinski definition) is 5. The van der Waals surface area contributed by atoms with Gasteiger partial charge in [-0.15, -0.1) is 0 Å². The summed E-state index contributed by atoms with van der Waals surface area (Å²) in [5, 5.41) is 0. The molecule has 318 valence electrons. The van der Waals surface area contributed by atoms with Gasteiger partial charge in [0.2, 0.25) is 0 Å². The molecule has 5 nitrogen and oxygen atoms in total. The molecule has 0 saturated heterocycles. The minimum absolute atomic E-state index is 0.0837. The zero-order chi connectivity index (χ0) is 39.3. The summed E-state index contributed by atoms with van der Waals surface area (Å²) in [7, 11) is 0. The standard InChI is InChI=1S/C49H92O5/c1-4-7-10-13-15-17-19-21-23-24-25-27-29-31-33-35-38-41-44-52-45-47(54-49(51)43-40-36-12-9-6-3)46-53-48(50)42-39-37-34-32-30-28-26-22-20-18-16-14-11-8-5-2/h21-23,26,47H,4-20,24-25,27-46H2,1-3H3/b23-21-,26-22-. The lowest BCUT2D eigenvalue weighted by Gasteiger charge is -2.18. The molecule has 0 spiro atoms. The van der Waals surface area contributed by atoms with E-state index in [2.05, 4.69) is 45.1 Å². The predicted molar refractivity (Wildman–Crippen MR) is 233 cm³/mol. The maximum absolute atomic E-state index is 12.5. The summed E-state index contributed by atoms with van der Waals surface area (Å²) in [6, 6.07) is 0. The van der Waals surface area contributed by atoms with Crippen LogP contribution in [0.15, 0.2) is 24.3 Å². The van der Waals surface area contributed by atoms with E-state index in [4.69, 9.17) is 14.2 Å². The average molecular weight is 761 g/mol. The third-order valence-corrected chi connectivity index (χ3v) is 10.5. The lowest BCUT2D eigenvalue weighted by atomic mass is 10.1. The van der Waals surface area contributed by atoms with Gasteiger partial charge >= 0.3 is 11.9 Å². The average Bonchev–Trinajstić information content (AvgIpc) is 3.17. The maximum atomic E-state index is 12.5. The van der Waals surface area contributed by atoms with E-state index in [1.807, 2.05) is 0 Å². The lowest BCUT2D eigenvalue weighted by Crippen LogP contribution is -2.30. The van der Waals surface area contributed by atoms with Crippen molar-refractivity contribution in [2.75, 3.05) is 19.8 Å². The molecule has 5 heteroatoms. The van der Waals surface area contributed by atoms with Crippen LogP contribution in [0.25, 0.3) is 0 Å². The summed E-state index contributed by atoms with van der Waals surface area (Å²) in [5.41, 5.74) is 0. The fraction of sp³-hybridized carbons (Fsp3) is 0.878. The fourth-order valence-electron chi connectivity index (χ4n) is 6.85. The van der Waals surface area contributed by atoms with E-state index in [1.165, 1.54) is 161 Å². The van der Waals surface area contributed by atoms with Crippen LogP contribution in [0.2, 0.25) is 0 Å². The van der Waals surface area contributed by atoms with Gasteiger partial charge in [-0.1, -0.05) is 193 Å². The van der Waals surface area contributed by atoms with Gasteiger partial charge in [0.1, 0.15) is 6.61 Å². The highest BCUT2D eigenvalue weighted by atomic mass is 16.6. The van der Waals surface area contributed by atoms with Crippen molar-refractivity contribution in [2.45, 2.75) is 258 Å². The third-order valence-electron chi connectivity index (χ3n) is 10.5. The molecule has 0 aromatic carbocycles. The predicted octanol–water partition coefficient (Wildman–Crippen LogP) is 15.7. The molecule has 0 aliphatic rings. The molecule has 0 saturated carbocycles. The Morgan fingerprint density at radius 3 is 1.13 bits per heavy atom. The van der Waals surface area contributed by atoms with Gasteiger partial charge in [0.05, 0.1) is 6.61 Å². The number of unbranched alkanes of at least 4 members (excludes halogenated alkanes) is 29. The smallest absolute Gasteiger partial charge is 0.306 e. The fourth-order valence-corrected chi connectivity index (χ4v) is 6.85. The van der Waals surface area contributed by atoms with Crippen molar-refractivity contribution >= 4 is 11.9 Å². The quantitative estimate of drug-likeness (QED) is 0.0352. The first-order chi connectivity index (χ1) is 26.6. The second-order valence-electron chi connectivity index (χ2n) is 16.0. The Morgan fingerprint density at radius 2 is 0.722 bits per heavy atom. The first-order valence-corrected chi connectivity index (χ1v) is 23.9. The molecule has 0 fully saturated rings. The van der Waals surface area contributed by atoms with E-state index in [9.17, 15) is 9.59 Å². The van der Waals surface area contributed by atoms with Crippen LogP contribution in [0.3, 0.4) is 0 Å². The molecule has 0 aliphatic carbocycles. The van der Waals surface area contributed by atoms with Gasteiger partial charge in [-0.3, -0.25) is 9.59 Å². The molecule has 0 heterocycles. The Hall–Kier alpha value is -1.62. The molecule has 1 atom stereocenters. The van der Waals surface area contributed by atoms with Gasteiger partial charge in [-0.2, -0.15) is 0 Å². The second kappa shape index (κ2) is 45.8. The van der Waals surface area contributed by atoms with E-state index in [1.54, 1.807) is 0 Å². The Labute approximate surface area is 337 Å². The van der Waals surface area contributed by atoms with Crippen molar-refractivity contribution < 1.29 is 23.8 Å². The SMILES string of the molecule is CCCCCCCC/C=C\CCCCCCCCCCOCC(COC(=O)CCCCCCC/C=C\CCCCCCCC)OC(=O)CCCCCCC. The molecule has 0 aliphatic heterocycles. The van der Waals surface area contributed by atoms with Gasteiger partial charge < -0.3 is 14.2 Å². The van der Waals surface area contributed by atoms with Crippen LogP contribution in [-0.4, -0.2) is 37.9 Å². The third kappa shape index (κ3) is 43.1. The molecule has 0 aromatic heterocycles. The zero-order valence-electron chi connectivity index (χ0n) is 36.5. The van der Waals surface area contributed by atoms with Crippen LogP contribution in [0.1, 0.15) is 252 Å². The van der Waals surface area contributed by atoms with E-state index < -0.39 is 6.10 Å². The Bertz CT molecular complexity index is 821. The molecule has 0 aromatic rings. The van der Waals surface area contributed by atoms with Crippen molar-refractivity contribution in [3.05, 3.63) is 24.3 Å². The molecule has 0 amide bonds. The van der Waals surface area contributed by atoms with E-state index in [-0.39, 0.29) is 25.2 Å². The highest BCUT2D eigenvalue weighted by Gasteiger charge is 2.17. The number of hydrogen-bond donors (Lipinski definition) is 0. The molecule has 0 bridgehead atoms. The number of esters is 2. The molecular formula is C49H92O5. The minimum Gasteiger partial charge on any atom is -0.462 e. The monoisotopic (exact) mass is 761 g/mol. The summed E-state index contributed by atoms with van der Waals surface area (Å²) in [5.74, 6) is -0.411. The van der Waals surface area contributed by atoms with Crippen LogP contribution in [0.5, 0.6) is 0 Å². The van der Waals surface area contributed by atoms with Crippen LogP contribution >= 0.6 is 0 Å². The Kier molecular flexibility index (Phi) is 44.4. The summed E-state index contributed by atoms with van der Waals surface area (Å²) >= 11 is 0. The van der Waals surface area contributed by atoms with Gasteiger partial charge in [0, 0.05) is 19.4 Å². The Morgan fingerprint density at radius 1 is 0.389 bits per heavy atom. The molecule has 0 rings (SSSR count). The van der Waals surface area contributed by atoms with E-state index >= 15 is 0 Å². The molecule has 1 unspecified atom stereocenters. The first kappa shape index (κ1) is 52.4. The molecule has 0 radical (unpaired) electrons. The minimum atomic E-state index is -0.531. The number of allylic oxidation sites excluding steroid dienone is 4. The van der Waals surface area contributed by atoms with Crippen LogP contribution in [-0.2, 0) is 23.8 Å². The van der Waals surface area contributed by atoms with Crippen molar-refractivity contribution in [1.82, 2.24) is 0 Å². The van der Waals surface area contributed by atoms with Crippen LogP contribution in [0, 0.1) is 0 Å². The normalized spacial score (nSPS) is 12.3. The molecular weight excluding hydrogens is 669 g/mol. The van der Waals surface area contributed by atoms with Crippen LogP contribution in [0.4, 0.5) is 0 Å². The largest absolute Gasteiger partial charge is 0.462 e. The van der Waals surface area contributed by atoms with Crippen LogP contribution < -0.4 is 0 Å². The second-order valence-corrected chi connectivity index (χ2v) is 16.0. The van der Waals surface area contributed by atoms with Crippen molar-refractivity contribution in [3.63, 3.8) is 0 Å². The van der Waals surface area contributed by atoms with Gasteiger partial charge in [0.15, 0.2) is 6.10 Å². The highest BCUT2D eigenvalue weighted by molar-refractivity contribution is 5.70. The number of rotatable bonds is 44. The number of carbonyl (C=O) groups excluding carboxylic acids is 2. The van der Waals surface area contributed by atoms with Gasteiger partial charge in [-0.25, -0.2) is 0 Å². The molecule has 0 N–H and O–H groups in total. The summed E-state index contributed by atoms with van der Waals surface area (Å²) in [4.78, 5) is 25.0. The topological polar surface area (TPSA) is 61.8 Å². The van der Waals surface area contributed by atoms with E-state index in [0.717, 1.165) is 57.8 Å². The highest BCUT2D eigenvalue weighted by Crippen LogP contribution is 2.14. The van der Waals surface area contributed by atoms with Crippen molar-refractivity contribution in [1.29, 1.82) is 0 Å². The van der Waals surface area contributed by atoms with Crippen molar-refractivity contribution in [3.8, 4) is 0 Å². The number of ether oxygens (including phenoxy) is 3. The molecule has 54 heavy (non-hydrogen) atoms. The summed E-state index contributed by atoms with van der Waals surface area (Å²) in [6.45, 7) is 7.76. The van der Waals surface area contributed by atoms with Crippen molar-refractivity contribution in [2.24, 2.45) is 0 Å². The van der Waals surface area contributed by atoms with Gasteiger partial charge in [-0.05, 0) is 70.6 Å². The summed E-state index contributed by atoms with van der Waals surface area (Å²) < 4.78 is 17.2. The number of carbonyl (C=O) groups is 2. The zero-order valence-corrected chi connectivity index (χ0v) is 36.5. The van der Waals surface area contributed by atoms with Gasteiger partial charge in [0.25, 0.3) is 0 Å².